The quantitative estimate of drug-likeness (QED) is 0.309. The van der Waals surface area contributed by atoms with E-state index in [0.29, 0.717) is 24.6 Å². The van der Waals surface area contributed by atoms with Crippen LogP contribution in [-0.2, 0) is 23.1 Å². The van der Waals surface area contributed by atoms with Crippen molar-refractivity contribution in [1.29, 1.82) is 0 Å². The van der Waals surface area contributed by atoms with Crippen molar-refractivity contribution in [2.45, 2.75) is 31.5 Å². The van der Waals surface area contributed by atoms with E-state index >= 15 is 0 Å². The number of hydrogen-bond donors (Lipinski definition) is 2. The molecule has 1 saturated carbocycles. The highest BCUT2D eigenvalue weighted by molar-refractivity contribution is 5.98. The standard InChI is InChI=1S/C27H28N6O3/c1-3-24(34)36-23-14-28-13-20(23)31-27(35)18-8-9-21-19(11-18)30-26(32(21)2)22-12-17-5-4-10-29-25(17)33(22)15-16-6-7-16/h3-5,8-12,16,20,23,28H,1,6-7,13-15H2,2H3,(H,31,35)/t20?,23-/m1/s1. The summed E-state index contributed by atoms with van der Waals surface area (Å²) in [5.41, 5.74) is 4.20. The number of pyridine rings is 1. The Morgan fingerprint density at radius 1 is 1.25 bits per heavy atom. The molecular formula is C27H28N6O3. The number of imidazole rings is 1. The molecule has 4 heterocycles. The number of rotatable bonds is 7. The third kappa shape index (κ3) is 4.05. The van der Waals surface area contributed by atoms with Crippen LogP contribution < -0.4 is 10.6 Å². The highest BCUT2D eigenvalue weighted by Crippen LogP contribution is 2.35. The number of carbonyl (C=O) groups excluding carboxylic acids is 2. The van der Waals surface area contributed by atoms with E-state index in [1.807, 2.05) is 31.4 Å². The lowest BCUT2D eigenvalue weighted by molar-refractivity contribution is -0.142. The van der Waals surface area contributed by atoms with Gasteiger partial charge in [0.15, 0.2) is 5.82 Å². The Balaban J connectivity index is 1.30. The minimum absolute atomic E-state index is 0.232. The van der Waals surface area contributed by atoms with Gasteiger partial charge in [0, 0.05) is 49.9 Å². The minimum atomic E-state index is -0.500. The van der Waals surface area contributed by atoms with Crippen LogP contribution in [0.5, 0.6) is 0 Å². The van der Waals surface area contributed by atoms with E-state index in [1.54, 1.807) is 6.07 Å². The second-order valence-electron chi connectivity index (χ2n) is 9.62. The van der Waals surface area contributed by atoms with E-state index in [4.69, 9.17) is 9.72 Å². The summed E-state index contributed by atoms with van der Waals surface area (Å²) in [4.78, 5) is 34.3. The van der Waals surface area contributed by atoms with Crippen molar-refractivity contribution in [3.05, 3.63) is 60.8 Å². The van der Waals surface area contributed by atoms with Gasteiger partial charge in [-0.3, -0.25) is 4.79 Å². The monoisotopic (exact) mass is 484 g/mol. The van der Waals surface area contributed by atoms with Gasteiger partial charge in [0.25, 0.3) is 5.91 Å². The van der Waals surface area contributed by atoms with Crippen LogP contribution in [0.25, 0.3) is 33.6 Å². The first-order valence-corrected chi connectivity index (χ1v) is 12.3. The smallest absolute Gasteiger partial charge is 0.330 e. The normalized spacial score (nSPS) is 19.6. The first kappa shape index (κ1) is 22.5. The van der Waals surface area contributed by atoms with Crippen molar-refractivity contribution >= 4 is 33.9 Å². The number of hydrogen-bond acceptors (Lipinski definition) is 6. The minimum Gasteiger partial charge on any atom is -0.456 e. The Labute approximate surface area is 208 Å². The zero-order valence-corrected chi connectivity index (χ0v) is 20.1. The van der Waals surface area contributed by atoms with Gasteiger partial charge in [0.1, 0.15) is 11.8 Å². The molecule has 2 N–H and O–H groups in total. The highest BCUT2D eigenvalue weighted by Gasteiger charge is 2.31. The number of aromatic nitrogens is 4. The molecule has 6 rings (SSSR count). The summed E-state index contributed by atoms with van der Waals surface area (Å²) >= 11 is 0. The van der Waals surface area contributed by atoms with Gasteiger partial charge in [0.2, 0.25) is 0 Å². The third-order valence-corrected chi connectivity index (χ3v) is 7.07. The number of esters is 1. The number of nitrogens with zero attached hydrogens (tertiary/aromatic N) is 4. The zero-order valence-electron chi connectivity index (χ0n) is 20.1. The van der Waals surface area contributed by atoms with Crippen molar-refractivity contribution in [3.8, 4) is 11.5 Å². The Kier molecular flexibility index (Phi) is 5.56. The molecule has 0 radical (unpaired) electrons. The van der Waals surface area contributed by atoms with Gasteiger partial charge in [-0.25, -0.2) is 14.8 Å². The summed E-state index contributed by atoms with van der Waals surface area (Å²) in [6.45, 7) is 5.37. The Morgan fingerprint density at radius 2 is 2.11 bits per heavy atom. The summed E-state index contributed by atoms with van der Waals surface area (Å²) in [5.74, 6) is 0.799. The van der Waals surface area contributed by atoms with Crippen LogP contribution in [0.1, 0.15) is 23.2 Å². The second kappa shape index (κ2) is 8.91. The fourth-order valence-electron chi connectivity index (χ4n) is 4.96. The average Bonchev–Trinajstić information content (AvgIpc) is 3.36. The lowest BCUT2D eigenvalue weighted by atomic mass is 10.1. The van der Waals surface area contributed by atoms with Crippen molar-refractivity contribution < 1.29 is 14.3 Å². The molecule has 1 amide bonds. The summed E-state index contributed by atoms with van der Waals surface area (Å²) < 4.78 is 9.71. The highest BCUT2D eigenvalue weighted by atomic mass is 16.5. The molecular weight excluding hydrogens is 456 g/mol. The van der Waals surface area contributed by atoms with Crippen molar-refractivity contribution in [1.82, 2.24) is 29.7 Å². The molecule has 1 aliphatic heterocycles. The molecule has 3 aromatic heterocycles. The number of amides is 1. The zero-order chi connectivity index (χ0) is 24.8. The van der Waals surface area contributed by atoms with Crippen LogP contribution >= 0.6 is 0 Å². The maximum atomic E-state index is 13.1. The number of carbonyl (C=O) groups is 2. The summed E-state index contributed by atoms with van der Waals surface area (Å²) in [6, 6.07) is 11.4. The van der Waals surface area contributed by atoms with Gasteiger partial charge in [-0.05, 0) is 55.2 Å². The Morgan fingerprint density at radius 3 is 2.92 bits per heavy atom. The van der Waals surface area contributed by atoms with Gasteiger partial charge in [-0.2, -0.15) is 0 Å². The molecule has 9 nitrogen and oxygen atoms in total. The van der Waals surface area contributed by atoms with E-state index in [1.165, 1.54) is 12.8 Å². The maximum Gasteiger partial charge on any atom is 0.330 e. The molecule has 184 valence electrons. The maximum absolute atomic E-state index is 13.1. The molecule has 2 fully saturated rings. The molecule has 0 bridgehead atoms. The van der Waals surface area contributed by atoms with Crippen LogP contribution in [0.2, 0.25) is 0 Å². The molecule has 1 aromatic carbocycles. The average molecular weight is 485 g/mol. The number of benzene rings is 1. The van der Waals surface area contributed by atoms with Gasteiger partial charge in [-0.1, -0.05) is 6.58 Å². The fourth-order valence-corrected chi connectivity index (χ4v) is 4.96. The molecule has 2 atom stereocenters. The van der Waals surface area contributed by atoms with Gasteiger partial charge >= 0.3 is 5.97 Å². The van der Waals surface area contributed by atoms with Crippen molar-refractivity contribution in [3.63, 3.8) is 0 Å². The SMILES string of the molecule is C=CC(=O)O[C@@H]1CNCC1NC(=O)c1ccc2c(c1)nc(-c1cc3cccnc3n1CC1CC1)n2C. The van der Waals surface area contributed by atoms with Gasteiger partial charge in [-0.15, -0.1) is 0 Å². The van der Waals surface area contributed by atoms with Gasteiger partial charge < -0.3 is 24.5 Å². The molecule has 36 heavy (non-hydrogen) atoms. The Hall–Kier alpha value is -3.98. The predicted octanol–water partition coefficient (Wildman–Crippen LogP) is 2.80. The van der Waals surface area contributed by atoms with E-state index in [9.17, 15) is 9.59 Å². The first-order chi connectivity index (χ1) is 17.5. The Bertz CT molecular complexity index is 1500. The van der Waals surface area contributed by atoms with Crippen LogP contribution in [0.15, 0.2) is 55.3 Å². The van der Waals surface area contributed by atoms with Crippen LogP contribution in [0.3, 0.4) is 0 Å². The molecule has 1 aliphatic carbocycles. The van der Waals surface area contributed by atoms with E-state index in [-0.39, 0.29) is 11.9 Å². The van der Waals surface area contributed by atoms with Crippen LogP contribution in [0, 0.1) is 5.92 Å². The largest absolute Gasteiger partial charge is 0.456 e. The molecule has 2 aliphatic rings. The van der Waals surface area contributed by atoms with Gasteiger partial charge in [0.05, 0.1) is 22.8 Å². The number of nitrogens with one attached hydrogen (secondary N) is 2. The molecule has 1 saturated heterocycles. The summed E-state index contributed by atoms with van der Waals surface area (Å²) in [5, 5.41) is 7.23. The molecule has 9 heteroatoms. The summed E-state index contributed by atoms with van der Waals surface area (Å²) in [6.07, 6.45) is 5.02. The number of fused-ring (bicyclic) bond motifs is 2. The van der Waals surface area contributed by atoms with Crippen LogP contribution in [0.4, 0.5) is 0 Å². The lowest BCUT2D eigenvalue weighted by Gasteiger charge is -2.19. The van der Waals surface area contributed by atoms with E-state index in [0.717, 1.165) is 46.2 Å². The van der Waals surface area contributed by atoms with E-state index < -0.39 is 12.1 Å². The van der Waals surface area contributed by atoms with Crippen molar-refractivity contribution in [2.75, 3.05) is 13.1 Å². The first-order valence-electron chi connectivity index (χ1n) is 12.3. The fraction of sp³-hybridized carbons (Fsp3) is 0.333. The molecule has 1 unspecified atom stereocenters. The third-order valence-electron chi connectivity index (χ3n) is 7.07. The molecule has 0 spiro atoms. The van der Waals surface area contributed by atoms with E-state index in [2.05, 4.69) is 43.5 Å². The number of aryl methyl sites for hydroxylation is 1. The molecule has 4 aromatic rings. The predicted molar refractivity (Wildman–Crippen MR) is 136 cm³/mol. The summed E-state index contributed by atoms with van der Waals surface area (Å²) in [7, 11) is 2.00. The number of ether oxygens (including phenoxy) is 1. The topological polar surface area (TPSA) is 103 Å². The van der Waals surface area contributed by atoms with Crippen LogP contribution in [-0.4, -0.2) is 56.2 Å². The van der Waals surface area contributed by atoms with Crippen molar-refractivity contribution in [2.24, 2.45) is 13.0 Å². The lowest BCUT2D eigenvalue weighted by Crippen LogP contribution is -2.44. The second-order valence-corrected chi connectivity index (χ2v) is 9.62.